The molecule has 1 saturated heterocycles. The van der Waals surface area contributed by atoms with Crippen molar-refractivity contribution >= 4 is 21.6 Å². The second-order valence-electron chi connectivity index (χ2n) is 4.60. The number of anilines is 1. The molecular formula is C13H19BrN2O2. The molecule has 0 saturated carbocycles. The average Bonchev–Trinajstić information content (AvgIpc) is 2.38. The first-order chi connectivity index (χ1) is 8.63. The van der Waals surface area contributed by atoms with Crippen molar-refractivity contribution in [2.45, 2.75) is 19.0 Å². The van der Waals surface area contributed by atoms with Gasteiger partial charge in [-0.3, -0.25) is 0 Å². The summed E-state index contributed by atoms with van der Waals surface area (Å²) in [6.07, 6.45) is 0. The summed E-state index contributed by atoms with van der Waals surface area (Å²) in [5.74, 6) is 0. The van der Waals surface area contributed by atoms with Crippen molar-refractivity contribution < 1.29 is 9.84 Å². The molecule has 1 aliphatic rings. The van der Waals surface area contributed by atoms with Gasteiger partial charge in [-0.25, -0.2) is 0 Å². The van der Waals surface area contributed by atoms with E-state index in [4.69, 9.17) is 10.5 Å². The van der Waals surface area contributed by atoms with Crippen molar-refractivity contribution in [3.8, 4) is 0 Å². The number of aliphatic hydroxyl groups excluding tert-OH is 1. The summed E-state index contributed by atoms with van der Waals surface area (Å²) in [5, 5.41) is 9.40. The SMILES string of the molecule is C[C@H](N)c1ccc(N2CCOCC2CO)c(Br)c1. The Labute approximate surface area is 116 Å². The lowest BCUT2D eigenvalue weighted by Gasteiger charge is -2.37. The molecule has 3 N–H and O–H groups in total. The largest absolute Gasteiger partial charge is 0.394 e. The number of aliphatic hydroxyl groups is 1. The van der Waals surface area contributed by atoms with Gasteiger partial charge in [-0.2, -0.15) is 0 Å². The third-order valence-electron chi connectivity index (χ3n) is 3.25. The first-order valence-corrected chi connectivity index (χ1v) is 6.93. The van der Waals surface area contributed by atoms with E-state index in [2.05, 4.69) is 26.9 Å². The summed E-state index contributed by atoms with van der Waals surface area (Å²) >= 11 is 3.59. The minimum absolute atomic E-state index is 0.0219. The van der Waals surface area contributed by atoms with Crippen LogP contribution in [0.15, 0.2) is 22.7 Å². The molecule has 100 valence electrons. The van der Waals surface area contributed by atoms with Crippen LogP contribution in [0, 0.1) is 0 Å². The molecule has 1 aromatic rings. The molecule has 2 atom stereocenters. The smallest absolute Gasteiger partial charge is 0.0755 e. The number of nitrogens with zero attached hydrogens (tertiary/aromatic N) is 1. The fourth-order valence-electron chi connectivity index (χ4n) is 2.16. The summed E-state index contributed by atoms with van der Waals surface area (Å²) in [5.41, 5.74) is 8.05. The van der Waals surface area contributed by atoms with Gasteiger partial charge in [0.2, 0.25) is 0 Å². The van der Waals surface area contributed by atoms with E-state index in [1.54, 1.807) is 0 Å². The standard InChI is InChI=1S/C13H19BrN2O2/c1-9(15)10-2-3-13(12(14)6-10)16-4-5-18-8-11(16)7-17/h2-3,6,9,11,17H,4-5,7-8,15H2,1H3/t9-,11?/m0/s1. The molecule has 0 spiro atoms. The number of rotatable bonds is 3. The highest BCUT2D eigenvalue weighted by Crippen LogP contribution is 2.31. The summed E-state index contributed by atoms with van der Waals surface area (Å²) < 4.78 is 6.40. The molecule has 4 nitrogen and oxygen atoms in total. The van der Waals surface area contributed by atoms with Crippen molar-refractivity contribution in [1.29, 1.82) is 0 Å². The van der Waals surface area contributed by atoms with E-state index in [9.17, 15) is 5.11 Å². The van der Waals surface area contributed by atoms with Gasteiger partial charge >= 0.3 is 0 Å². The first-order valence-electron chi connectivity index (χ1n) is 6.13. The lowest BCUT2D eigenvalue weighted by Crippen LogP contribution is -2.47. The highest BCUT2D eigenvalue weighted by Gasteiger charge is 2.24. The van der Waals surface area contributed by atoms with Gasteiger partial charge in [0.15, 0.2) is 0 Å². The Hall–Kier alpha value is -0.620. The molecule has 0 radical (unpaired) electrons. The monoisotopic (exact) mass is 314 g/mol. The number of hydrogen-bond acceptors (Lipinski definition) is 4. The molecular weight excluding hydrogens is 296 g/mol. The molecule has 2 rings (SSSR count). The Morgan fingerprint density at radius 3 is 3.00 bits per heavy atom. The minimum atomic E-state index is 0.0219. The molecule has 1 aromatic carbocycles. The molecule has 0 amide bonds. The first kappa shape index (κ1) is 13.8. The Balaban J connectivity index is 2.26. The van der Waals surface area contributed by atoms with E-state index in [0.29, 0.717) is 13.2 Å². The van der Waals surface area contributed by atoms with Crippen LogP contribution in [0.4, 0.5) is 5.69 Å². The van der Waals surface area contributed by atoms with E-state index in [1.807, 2.05) is 19.1 Å². The lowest BCUT2D eigenvalue weighted by atomic mass is 10.1. The van der Waals surface area contributed by atoms with Crippen LogP contribution >= 0.6 is 15.9 Å². The molecule has 18 heavy (non-hydrogen) atoms. The number of nitrogens with two attached hydrogens (primary N) is 1. The van der Waals surface area contributed by atoms with Crippen molar-refractivity contribution in [3.05, 3.63) is 28.2 Å². The normalized spacial score (nSPS) is 22.0. The second kappa shape index (κ2) is 6.02. The van der Waals surface area contributed by atoms with Crippen LogP contribution in [0.25, 0.3) is 0 Å². The quantitative estimate of drug-likeness (QED) is 0.891. The van der Waals surface area contributed by atoms with E-state index in [-0.39, 0.29) is 18.7 Å². The Bertz CT molecular complexity index is 412. The highest BCUT2D eigenvalue weighted by atomic mass is 79.9. The van der Waals surface area contributed by atoms with Crippen LogP contribution in [0.3, 0.4) is 0 Å². The van der Waals surface area contributed by atoms with Gasteiger partial charge in [0.05, 0.1) is 31.5 Å². The molecule has 1 heterocycles. The predicted molar refractivity (Wildman–Crippen MR) is 75.8 cm³/mol. The van der Waals surface area contributed by atoms with Gasteiger partial charge in [0, 0.05) is 17.1 Å². The number of morpholine rings is 1. The summed E-state index contributed by atoms with van der Waals surface area (Å²) in [6.45, 7) is 4.12. The van der Waals surface area contributed by atoms with E-state index in [0.717, 1.165) is 22.3 Å². The molecule has 0 aliphatic carbocycles. The number of benzene rings is 1. The van der Waals surface area contributed by atoms with Crippen LogP contribution in [-0.4, -0.2) is 37.5 Å². The van der Waals surface area contributed by atoms with Gasteiger partial charge < -0.3 is 20.5 Å². The van der Waals surface area contributed by atoms with Crippen LogP contribution in [-0.2, 0) is 4.74 Å². The van der Waals surface area contributed by atoms with E-state index >= 15 is 0 Å². The third kappa shape index (κ3) is 2.85. The van der Waals surface area contributed by atoms with Crippen molar-refractivity contribution in [2.75, 3.05) is 31.3 Å². The molecule has 1 aliphatic heterocycles. The lowest BCUT2D eigenvalue weighted by molar-refractivity contribution is 0.0726. The van der Waals surface area contributed by atoms with Gasteiger partial charge in [0.25, 0.3) is 0 Å². The number of halogens is 1. The van der Waals surface area contributed by atoms with Gasteiger partial charge in [-0.05, 0) is 40.5 Å². The Morgan fingerprint density at radius 1 is 1.61 bits per heavy atom. The number of hydrogen-bond donors (Lipinski definition) is 2. The average molecular weight is 315 g/mol. The number of ether oxygens (including phenoxy) is 1. The topological polar surface area (TPSA) is 58.7 Å². The van der Waals surface area contributed by atoms with Crippen LogP contribution in [0.1, 0.15) is 18.5 Å². The van der Waals surface area contributed by atoms with Gasteiger partial charge in [-0.1, -0.05) is 6.07 Å². The van der Waals surface area contributed by atoms with Crippen LogP contribution < -0.4 is 10.6 Å². The summed E-state index contributed by atoms with van der Waals surface area (Å²) in [6, 6.07) is 6.18. The fraction of sp³-hybridized carbons (Fsp3) is 0.538. The van der Waals surface area contributed by atoms with Crippen molar-refractivity contribution in [1.82, 2.24) is 0 Å². The molecule has 0 aromatic heterocycles. The maximum absolute atomic E-state index is 9.40. The van der Waals surface area contributed by atoms with E-state index < -0.39 is 0 Å². The van der Waals surface area contributed by atoms with Gasteiger partial charge in [0.1, 0.15) is 0 Å². The van der Waals surface area contributed by atoms with Crippen LogP contribution in [0.2, 0.25) is 0 Å². The molecule has 1 fully saturated rings. The second-order valence-corrected chi connectivity index (χ2v) is 5.46. The zero-order valence-corrected chi connectivity index (χ0v) is 12.1. The Morgan fingerprint density at radius 2 is 2.39 bits per heavy atom. The predicted octanol–water partition coefficient (Wildman–Crippen LogP) is 1.67. The van der Waals surface area contributed by atoms with Crippen molar-refractivity contribution in [2.24, 2.45) is 5.73 Å². The van der Waals surface area contributed by atoms with Crippen LogP contribution in [0.5, 0.6) is 0 Å². The summed E-state index contributed by atoms with van der Waals surface area (Å²) in [7, 11) is 0. The van der Waals surface area contributed by atoms with E-state index in [1.165, 1.54) is 0 Å². The third-order valence-corrected chi connectivity index (χ3v) is 3.88. The summed E-state index contributed by atoms with van der Waals surface area (Å²) in [4.78, 5) is 2.18. The maximum Gasteiger partial charge on any atom is 0.0755 e. The highest BCUT2D eigenvalue weighted by molar-refractivity contribution is 9.10. The molecule has 1 unspecified atom stereocenters. The Kier molecular flexibility index (Phi) is 4.61. The maximum atomic E-state index is 9.40. The van der Waals surface area contributed by atoms with Crippen molar-refractivity contribution in [3.63, 3.8) is 0 Å². The zero-order chi connectivity index (χ0) is 13.1. The van der Waals surface area contributed by atoms with Gasteiger partial charge in [-0.15, -0.1) is 0 Å². The molecule has 0 bridgehead atoms. The molecule has 5 heteroatoms. The fourth-order valence-corrected chi connectivity index (χ4v) is 2.79. The zero-order valence-electron chi connectivity index (χ0n) is 10.5. The minimum Gasteiger partial charge on any atom is -0.394 e.